The lowest BCUT2D eigenvalue weighted by atomic mass is 10.0. The summed E-state index contributed by atoms with van der Waals surface area (Å²) in [5.41, 5.74) is 4.40. The number of sulfonamides is 1. The number of anilines is 1. The summed E-state index contributed by atoms with van der Waals surface area (Å²) in [4.78, 5) is 12.5. The highest BCUT2D eigenvalue weighted by atomic mass is 32.2. The molecule has 0 saturated carbocycles. The molecule has 1 atom stereocenters. The second kappa shape index (κ2) is 10.2. The number of carbonyl (C=O) groups excluding carboxylic acids is 1. The fourth-order valence-corrected chi connectivity index (χ4v) is 5.02. The zero-order valence-electron chi connectivity index (χ0n) is 18.6. The third-order valence-electron chi connectivity index (χ3n) is 5.60. The van der Waals surface area contributed by atoms with E-state index >= 15 is 0 Å². The summed E-state index contributed by atoms with van der Waals surface area (Å²) in [6, 6.07) is 13.4. The zero-order chi connectivity index (χ0) is 22.4. The van der Waals surface area contributed by atoms with E-state index in [4.69, 9.17) is 4.74 Å². The molecule has 31 heavy (non-hydrogen) atoms. The van der Waals surface area contributed by atoms with E-state index in [2.05, 4.69) is 23.5 Å². The van der Waals surface area contributed by atoms with Gasteiger partial charge in [0.2, 0.25) is 15.9 Å². The third-order valence-corrected chi connectivity index (χ3v) is 6.78. The Morgan fingerprint density at radius 3 is 2.65 bits per heavy atom. The van der Waals surface area contributed by atoms with Crippen molar-refractivity contribution in [3.63, 3.8) is 0 Å². The molecule has 3 rings (SSSR count). The first-order valence-electron chi connectivity index (χ1n) is 10.9. The second-order valence-corrected chi connectivity index (χ2v) is 9.92. The highest BCUT2D eigenvalue weighted by Gasteiger charge is 2.21. The molecular weight excluding hydrogens is 412 g/mol. The lowest BCUT2D eigenvalue weighted by Gasteiger charge is -2.24. The van der Waals surface area contributed by atoms with Gasteiger partial charge >= 0.3 is 0 Å². The van der Waals surface area contributed by atoms with Gasteiger partial charge in [-0.2, -0.15) is 0 Å². The number of rotatable bonds is 10. The summed E-state index contributed by atoms with van der Waals surface area (Å²) in [5.74, 6) is 0.435. The first-order valence-corrected chi connectivity index (χ1v) is 12.7. The number of fused-ring (bicyclic) bond motifs is 1. The molecule has 0 saturated heterocycles. The molecule has 1 aliphatic rings. The van der Waals surface area contributed by atoms with E-state index in [1.54, 1.807) is 18.2 Å². The maximum Gasteiger partial charge on any atom is 0.232 e. The van der Waals surface area contributed by atoms with Crippen molar-refractivity contribution < 1.29 is 17.9 Å². The molecule has 1 unspecified atom stereocenters. The van der Waals surface area contributed by atoms with Crippen molar-refractivity contribution in [3.8, 4) is 5.75 Å². The van der Waals surface area contributed by atoms with E-state index in [0.717, 1.165) is 18.4 Å². The van der Waals surface area contributed by atoms with Gasteiger partial charge in [0.25, 0.3) is 0 Å². The first-order chi connectivity index (χ1) is 14.8. The smallest absolute Gasteiger partial charge is 0.232 e. The number of hydrogen-bond donors (Lipinski definition) is 1. The Hall–Kier alpha value is -2.54. The summed E-state index contributed by atoms with van der Waals surface area (Å²) in [7, 11) is -3.51. The molecule has 0 aromatic heterocycles. The van der Waals surface area contributed by atoms with E-state index in [-0.39, 0.29) is 24.9 Å². The van der Waals surface area contributed by atoms with Crippen LogP contribution in [-0.2, 0) is 27.7 Å². The maximum atomic E-state index is 12.5. The molecular formula is C24H32N2O4S. The minimum absolute atomic E-state index is 0.0805. The van der Waals surface area contributed by atoms with Crippen LogP contribution in [0.1, 0.15) is 55.8 Å². The Morgan fingerprint density at radius 2 is 1.90 bits per heavy atom. The Kier molecular flexibility index (Phi) is 7.59. The van der Waals surface area contributed by atoms with E-state index < -0.39 is 10.0 Å². The Bertz CT molecular complexity index is 1020. The third kappa shape index (κ3) is 6.00. The van der Waals surface area contributed by atoms with Gasteiger partial charge < -0.3 is 10.1 Å². The van der Waals surface area contributed by atoms with E-state index in [1.165, 1.54) is 28.1 Å². The summed E-state index contributed by atoms with van der Waals surface area (Å²) in [6.07, 6.45) is 5.27. The van der Waals surface area contributed by atoms with Crippen molar-refractivity contribution >= 4 is 21.6 Å². The molecule has 168 valence electrons. The molecule has 0 heterocycles. The SMILES string of the molecule is CCOc1ccccc1N(CCCC(=O)NC(C)c1ccc2c(c1)CCC2)S(C)(=O)=O. The first kappa shape index (κ1) is 23.1. The number of nitrogens with zero attached hydrogens (tertiary/aromatic N) is 1. The zero-order valence-corrected chi connectivity index (χ0v) is 19.4. The quantitative estimate of drug-likeness (QED) is 0.601. The monoisotopic (exact) mass is 444 g/mol. The fraction of sp³-hybridized carbons (Fsp3) is 0.458. The number of carbonyl (C=O) groups is 1. The second-order valence-electron chi connectivity index (χ2n) is 8.01. The van der Waals surface area contributed by atoms with Crippen LogP contribution < -0.4 is 14.4 Å². The van der Waals surface area contributed by atoms with Crippen LogP contribution in [0.15, 0.2) is 42.5 Å². The fourth-order valence-electron chi connectivity index (χ4n) is 4.05. The van der Waals surface area contributed by atoms with Gasteiger partial charge in [0.05, 0.1) is 24.6 Å². The predicted octanol–water partition coefficient (Wildman–Crippen LogP) is 4.00. The maximum absolute atomic E-state index is 12.5. The summed E-state index contributed by atoms with van der Waals surface area (Å²) < 4.78 is 31.7. The van der Waals surface area contributed by atoms with Crippen molar-refractivity contribution in [2.75, 3.05) is 23.7 Å². The Balaban J connectivity index is 1.59. The van der Waals surface area contributed by atoms with Crippen LogP contribution in [-0.4, -0.2) is 33.7 Å². The van der Waals surface area contributed by atoms with Gasteiger partial charge in [-0.05, 0) is 68.4 Å². The number of para-hydroxylation sites is 2. The van der Waals surface area contributed by atoms with Crippen LogP contribution in [0.5, 0.6) is 5.75 Å². The number of hydrogen-bond acceptors (Lipinski definition) is 4. The molecule has 0 fully saturated rings. The highest BCUT2D eigenvalue weighted by molar-refractivity contribution is 7.92. The normalized spacial score (nSPS) is 14.0. The predicted molar refractivity (Wildman–Crippen MR) is 124 cm³/mol. The summed E-state index contributed by atoms with van der Waals surface area (Å²) in [5, 5.41) is 3.04. The summed E-state index contributed by atoms with van der Waals surface area (Å²) in [6.45, 7) is 4.49. The van der Waals surface area contributed by atoms with Gasteiger partial charge in [0.15, 0.2) is 0 Å². The molecule has 0 radical (unpaired) electrons. The number of nitrogens with one attached hydrogen (secondary N) is 1. The molecule has 1 aliphatic carbocycles. The van der Waals surface area contributed by atoms with E-state index in [0.29, 0.717) is 24.5 Å². The molecule has 2 aromatic carbocycles. The molecule has 0 spiro atoms. The largest absolute Gasteiger partial charge is 0.492 e. The summed E-state index contributed by atoms with van der Waals surface area (Å²) >= 11 is 0. The standard InChI is InChI=1S/C24H32N2O4S/c1-4-30-23-12-6-5-11-22(23)26(31(3,28)29)16-8-13-24(27)25-18(2)20-15-14-19-9-7-10-21(19)17-20/h5-6,11-12,14-15,17-18H,4,7-10,13,16H2,1-3H3,(H,25,27). The van der Waals surface area contributed by atoms with Gasteiger partial charge in [0.1, 0.15) is 5.75 Å². The highest BCUT2D eigenvalue weighted by Crippen LogP contribution is 2.30. The number of amides is 1. The van der Waals surface area contributed by atoms with Crippen LogP contribution in [0, 0.1) is 0 Å². The van der Waals surface area contributed by atoms with Gasteiger partial charge in [-0.3, -0.25) is 9.10 Å². The molecule has 6 nitrogen and oxygen atoms in total. The lowest BCUT2D eigenvalue weighted by Crippen LogP contribution is -2.33. The van der Waals surface area contributed by atoms with Crippen LogP contribution in [0.3, 0.4) is 0 Å². The number of benzene rings is 2. The minimum Gasteiger partial charge on any atom is -0.492 e. The average Bonchev–Trinajstić information content (AvgIpc) is 3.19. The van der Waals surface area contributed by atoms with Gasteiger partial charge in [-0.1, -0.05) is 30.3 Å². The Morgan fingerprint density at radius 1 is 1.16 bits per heavy atom. The van der Waals surface area contributed by atoms with Crippen molar-refractivity contribution in [2.24, 2.45) is 0 Å². The lowest BCUT2D eigenvalue weighted by molar-refractivity contribution is -0.121. The van der Waals surface area contributed by atoms with Gasteiger partial charge in [-0.15, -0.1) is 0 Å². The van der Waals surface area contributed by atoms with Crippen LogP contribution >= 0.6 is 0 Å². The Labute approximate surface area is 185 Å². The van der Waals surface area contributed by atoms with Crippen LogP contribution in [0.25, 0.3) is 0 Å². The number of aryl methyl sites for hydroxylation is 2. The van der Waals surface area contributed by atoms with Gasteiger partial charge in [0, 0.05) is 13.0 Å². The molecule has 0 aliphatic heterocycles. The average molecular weight is 445 g/mol. The number of ether oxygens (including phenoxy) is 1. The van der Waals surface area contributed by atoms with E-state index in [1.807, 2.05) is 19.9 Å². The van der Waals surface area contributed by atoms with Crippen LogP contribution in [0.4, 0.5) is 5.69 Å². The molecule has 7 heteroatoms. The van der Waals surface area contributed by atoms with Crippen LogP contribution in [0.2, 0.25) is 0 Å². The van der Waals surface area contributed by atoms with E-state index in [9.17, 15) is 13.2 Å². The van der Waals surface area contributed by atoms with Crippen molar-refractivity contribution in [3.05, 3.63) is 59.2 Å². The molecule has 1 N–H and O–H groups in total. The molecule has 2 aromatic rings. The van der Waals surface area contributed by atoms with Crippen molar-refractivity contribution in [2.45, 2.75) is 52.0 Å². The topological polar surface area (TPSA) is 75.7 Å². The molecule has 0 bridgehead atoms. The van der Waals surface area contributed by atoms with Crippen molar-refractivity contribution in [1.29, 1.82) is 0 Å². The van der Waals surface area contributed by atoms with Gasteiger partial charge in [-0.25, -0.2) is 8.42 Å². The van der Waals surface area contributed by atoms with Crippen molar-refractivity contribution in [1.82, 2.24) is 5.32 Å². The molecule has 1 amide bonds. The minimum atomic E-state index is -3.51.